The Kier molecular flexibility index (Phi) is 3.72. The molecule has 7 aromatic rings. The summed E-state index contributed by atoms with van der Waals surface area (Å²) in [5, 5.41) is 3.71. The fraction of sp³-hybridized carbons (Fsp3) is 0. The van der Waals surface area contributed by atoms with E-state index in [1.165, 1.54) is 43.0 Å². The van der Waals surface area contributed by atoms with Crippen molar-refractivity contribution in [3.05, 3.63) is 104 Å². The lowest BCUT2D eigenvalue weighted by Gasteiger charge is -2.10. The van der Waals surface area contributed by atoms with Gasteiger partial charge in [-0.2, -0.15) is 0 Å². The van der Waals surface area contributed by atoms with Gasteiger partial charge >= 0.3 is 0 Å². The zero-order chi connectivity index (χ0) is 21.1. The molecule has 0 amide bonds. The smallest absolute Gasteiger partial charge is 0.116 e. The average Bonchev–Trinajstić information content (AvgIpc) is 3.40. The topological polar surface area (TPSA) is 30.7 Å². The number of benzene rings is 4. The molecule has 4 aromatic carbocycles. The molecule has 0 unspecified atom stereocenters. The molecule has 0 saturated carbocycles. The molecular formula is C28H17N3S. The third-order valence-corrected chi connectivity index (χ3v) is 7.25. The van der Waals surface area contributed by atoms with Gasteiger partial charge in [-0.15, -0.1) is 11.3 Å². The van der Waals surface area contributed by atoms with Crippen molar-refractivity contribution in [2.75, 3.05) is 0 Å². The van der Waals surface area contributed by atoms with Gasteiger partial charge < -0.3 is 4.57 Å². The number of rotatable bonds is 2. The fourth-order valence-corrected chi connectivity index (χ4v) is 5.79. The number of fused-ring (bicyclic) bond motifs is 7. The van der Waals surface area contributed by atoms with Gasteiger partial charge in [-0.3, -0.25) is 0 Å². The number of aromatic nitrogens is 3. The minimum Gasteiger partial charge on any atom is -0.309 e. The van der Waals surface area contributed by atoms with Crippen molar-refractivity contribution in [3.63, 3.8) is 0 Å². The lowest BCUT2D eigenvalue weighted by Crippen LogP contribution is -1.94. The minimum atomic E-state index is 1.02. The Morgan fingerprint density at radius 3 is 2.31 bits per heavy atom. The zero-order valence-corrected chi connectivity index (χ0v) is 17.9. The monoisotopic (exact) mass is 427 g/mol. The molecule has 0 spiro atoms. The summed E-state index contributed by atoms with van der Waals surface area (Å²) in [6.45, 7) is 0. The van der Waals surface area contributed by atoms with Gasteiger partial charge in [-0.25, -0.2) is 9.97 Å². The Bertz CT molecular complexity index is 1760. The molecule has 0 atom stereocenters. The number of nitrogens with zero attached hydrogens (tertiary/aromatic N) is 3. The van der Waals surface area contributed by atoms with Gasteiger partial charge in [-0.05, 0) is 35.4 Å². The van der Waals surface area contributed by atoms with E-state index in [1.807, 2.05) is 6.20 Å². The maximum Gasteiger partial charge on any atom is 0.116 e. The molecule has 0 radical (unpaired) electrons. The summed E-state index contributed by atoms with van der Waals surface area (Å²) in [7, 11) is 0. The Hall–Kier alpha value is -4.02. The molecule has 0 N–H and O–H groups in total. The molecule has 0 aliphatic carbocycles. The number of para-hydroxylation sites is 1. The van der Waals surface area contributed by atoms with Crippen LogP contribution in [-0.2, 0) is 0 Å². The summed E-state index contributed by atoms with van der Waals surface area (Å²) in [5.74, 6) is 0. The van der Waals surface area contributed by atoms with Crippen molar-refractivity contribution in [3.8, 4) is 16.8 Å². The zero-order valence-electron chi connectivity index (χ0n) is 17.1. The lowest BCUT2D eigenvalue weighted by atomic mass is 10.1. The number of hydrogen-bond donors (Lipinski definition) is 0. The van der Waals surface area contributed by atoms with Crippen LogP contribution in [0.15, 0.2) is 104 Å². The molecular weight excluding hydrogens is 410 g/mol. The summed E-state index contributed by atoms with van der Waals surface area (Å²) in [5.41, 5.74) is 7.03. The van der Waals surface area contributed by atoms with Crippen molar-refractivity contribution >= 4 is 53.4 Å². The number of hydrogen-bond acceptors (Lipinski definition) is 3. The van der Waals surface area contributed by atoms with Gasteiger partial charge in [0.15, 0.2) is 0 Å². The van der Waals surface area contributed by atoms with E-state index < -0.39 is 0 Å². The highest BCUT2D eigenvalue weighted by Gasteiger charge is 2.18. The standard InChI is InChI=1S/C28H17N3S/c1-2-6-18(7-3-1)19-10-12-20(13-11-19)31-23-9-5-4-8-21(23)22-14-15-24-26(28(22)31)27-25(32-24)16-29-17-30-27/h1-17H. The van der Waals surface area contributed by atoms with Crippen LogP contribution in [0, 0.1) is 0 Å². The second-order valence-corrected chi connectivity index (χ2v) is 9.02. The normalized spacial score (nSPS) is 11.8. The predicted molar refractivity (Wildman–Crippen MR) is 135 cm³/mol. The van der Waals surface area contributed by atoms with Crippen LogP contribution in [0.25, 0.3) is 58.9 Å². The van der Waals surface area contributed by atoms with Gasteiger partial charge in [0.05, 0.1) is 21.3 Å². The molecule has 3 nitrogen and oxygen atoms in total. The first-order valence-electron chi connectivity index (χ1n) is 10.6. The summed E-state index contributed by atoms with van der Waals surface area (Å²) in [6, 6.07) is 32.5. The van der Waals surface area contributed by atoms with Gasteiger partial charge in [0.1, 0.15) is 6.33 Å². The molecule has 7 rings (SSSR count). The van der Waals surface area contributed by atoms with Crippen LogP contribution in [0.1, 0.15) is 0 Å². The molecule has 32 heavy (non-hydrogen) atoms. The molecule has 150 valence electrons. The highest BCUT2D eigenvalue weighted by atomic mass is 32.1. The molecule has 3 heterocycles. The fourth-order valence-electron chi connectivity index (χ4n) is 4.75. The van der Waals surface area contributed by atoms with Crippen LogP contribution < -0.4 is 0 Å². The van der Waals surface area contributed by atoms with Crippen LogP contribution in [0.3, 0.4) is 0 Å². The Morgan fingerprint density at radius 1 is 0.656 bits per heavy atom. The van der Waals surface area contributed by atoms with E-state index >= 15 is 0 Å². The summed E-state index contributed by atoms with van der Waals surface area (Å²) >= 11 is 1.75. The maximum absolute atomic E-state index is 4.66. The SMILES string of the molecule is c1ccc(-c2ccc(-n3c4ccccc4c4ccc5sc6cncnc6c5c43)cc2)cc1. The van der Waals surface area contributed by atoms with Gasteiger partial charge in [-0.1, -0.05) is 66.7 Å². The Labute approximate surface area is 188 Å². The number of thiophene rings is 1. The summed E-state index contributed by atoms with van der Waals surface area (Å²) in [6.07, 6.45) is 3.56. The van der Waals surface area contributed by atoms with E-state index in [1.54, 1.807) is 17.7 Å². The highest BCUT2D eigenvalue weighted by molar-refractivity contribution is 7.25. The van der Waals surface area contributed by atoms with Crippen molar-refractivity contribution < 1.29 is 0 Å². The molecule has 0 aliphatic heterocycles. The molecule has 0 aliphatic rings. The van der Waals surface area contributed by atoms with Crippen LogP contribution in [0.5, 0.6) is 0 Å². The van der Waals surface area contributed by atoms with E-state index in [-0.39, 0.29) is 0 Å². The van der Waals surface area contributed by atoms with E-state index in [9.17, 15) is 0 Å². The molecule has 0 saturated heterocycles. The van der Waals surface area contributed by atoms with Crippen molar-refractivity contribution in [1.82, 2.24) is 14.5 Å². The first kappa shape index (κ1) is 17.6. The van der Waals surface area contributed by atoms with Crippen molar-refractivity contribution in [2.45, 2.75) is 0 Å². The van der Waals surface area contributed by atoms with E-state index in [2.05, 4.69) is 106 Å². The minimum absolute atomic E-state index is 1.02. The van der Waals surface area contributed by atoms with Gasteiger partial charge in [0.25, 0.3) is 0 Å². The average molecular weight is 428 g/mol. The summed E-state index contributed by atoms with van der Waals surface area (Å²) in [4.78, 5) is 8.91. The molecule has 4 heteroatoms. The Balaban J connectivity index is 1.59. The van der Waals surface area contributed by atoms with E-state index in [0.717, 1.165) is 15.9 Å². The second kappa shape index (κ2) is 6.74. The van der Waals surface area contributed by atoms with Crippen LogP contribution >= 0.6 is 11.3 Å². The molecule has 0 fully saturated rings. The largest absolute Gasteiger partial charge is 0.309 e. The Morgan fingerprint density at radius 2 is 1.44 bits per heavy atom. The lowest BCUT2D eigenvalue weighted by molar-refractivity contribution is 1.19. The third-order valence-electron chi connectivity index (χ3n) is 6.17. The highest BCUT2D eigenvalue weighted by Crippen LogP contribution is 2.42. The molecule has 3 aromatic heterocycles. The van der Waals surface area contributed by atoms with Crippen LogP contribution in [-0.4, -0.2) is 14.5 Å². The van der Waals surface area contributed by atoms with Gasteiger partial charge in [0, 0.05) is 32.7 Å². The second-order valence-electron chi connectivity index (χ2n) is 7.94. The maximum atomic E-state index is 4.66. The van der Waals surface area contributed by atoms with Crippen LogP contribution in [0.4, 0.5) is 0 Å². The van der Waals surface area contributed by atoms with Gasteiger partial charge in [0.2, 0.25) is 0 Å². The van der Waals surface area contributed by atoms with Crippen molar-refractivity contribution in [2.24, 2.45) is 0 Å². The van der Waals surface area contributed by atoms with Crippen molar-refractivity contribution in [1.29, 1.82) is 0 Å². The van der Waals surface area contributed by atoms with Crippen LogP contribution in [0.2, 0.25) is 0 Å². The quantitative estimate of drug-likeness (QED) is 0.284. The first-order chi connectivity index (χ1) is 15.9. The third kappa shape index (κ3) is 2.47. The van der Waals surface area contributed by atoms with E-state index in [0.29, 0.717) is 0 Å². The first-order valence-corrected chi connectivity index (χ1v) is 11.4. The summed E-state index contributed by atoms with van der Waals surface area (Å²) < 4.78 is 4.74. The predicted octanol–water partition coefficient (Wildman–Crippen LogP) is 7.61. The van der Waals surface area contributed by atoms with E-state index in [4.69, 9.17) is 0 Å². The molecule has 0 bridgehead atoms.